The van der Waals surface area contributed by atoms with Crippen molar-refractivity contribution in [2.24, 2.45) is 5.73 Å². The van der Waals surface area contributed by atoms with Gasteiger partial charge in [-0.25, -0.2) is 9.37 Å². The van der Waals surface area contributed by atoms with Crippen molar-refractivity contribution < 1.29 is 9.18 Å². The predicted molar refractivity (Wildman–Crippen MR) is 105 cm³/mol. The van der Waals surface area contributed by atoms with Gasteiger partial charge in [0.05, 0.1) is 12.0 Å². The summed E-state index contributed by atoms with van der Waals surface area (Å²) in [5.41, 5.74) is 7.35. The molecule has 0 saturated heterocycles. The van der Waals surface area contributed by atoms with Gasteiger partial charge < -0.3 is 11.1 Å². The van der Waals surface area contributed by atoms with Crippen molar-refractivity contribution in [3.8, 4) is 11.4 Å². The van der Waals surface area contributed by atoms with E-state index in [1.54, 1.807) is 12.1 Å². The fourth-order valence-corrected chi connectivity index (χ4v) is 3.86. The van der Waals surface area contributed by atoms with E-state index in [1.807, 2.05) is 24.3 Å². The number of carbonyl (C=O) groups is 1. The number of H-pyrrole nitrogens is 1. The lowest BCUT2D eigenvalue weighted by atomic mass is 9.78. The number of nitrogens with two attached hydrogens (primary N) is 1. The van der Waals surface area contributed by atoms with Crippen LogP contribution in [0.4, 0.5) is 10.1 Å². The van der Waals surface area contributed by atoms with Gasteiger partial charge in [0.15, 0.2) is 5.82 Å². The molecule has 0 unspecified atom stereocenters. The highest BCUT2D eigenvalue weighted by Gasteiger charge is 2.42. The Hall–Kier alpha value is -3.06. The number of hydrogen-bond donors (Lipinski definition) is 3. The molecule has 0 radical (unpaired) electrons. The van der Waals surface area contributed by atoms with Crippen LogP contribution in [0, 0.1) is 5.82 Å². The first-order valence-corrected chi connectivity index (χ1v) is 9.40. The Kier molecular flexibility index (Phi) is 4.92. The first-order chi connectivity index (χ1) is 13.6. The first kappa shape index (κ1) is 18.3. The number of nitrogens with zero attached hydrogens (tertiary/aromatic N) is 2. The van der Waals surface area contributed by atoms with Crippen LogP contribution in [0.2, 0.25) is 0 Å². The van der Waals surface area contributed by atoms with Crippen molar-refractivity contribution in [3.63, 3.8) is 0 Å². The highest BCUT2D eigenvalue weighted by Crippen LogP contribution is 2.42. The molecule has 2 aromatic carbocycles. The van der Waals surface area contributed by atoms with E-state index in [1.165, 1.54) is 12.1 Å². The van der Waals surface area contributed by atoms with Crippen LogP contribution in [-0.2, 0) is 16.8 Å². The van der Waals surface area contributed by atoms with Crippen LogP contribution in [0.1, 0.15) is 37.1 Å². The summed E-state index contributed by atoms with van der Waals surface area (Å²) in [4.78, 5) is 17.5. The van der Waals surface area contributed by atoms with E-state index >= 15 is 0 Å². The van der Waals surface area contributed by atoms with Crippen LogP contribution in [-0.4, -0.2) is 21.1 Å². The van der Waals surface area contributed by atoms with Crippen LogP contribution in [0.5, 0.6) is 0 Å². The van der Waals surface area contributed by atoms with Crippen molar-refractivity contribution in [2.45, 2.75) is 37.6 Å². The summed E-state index contributed by atoms with van der Waals surface area (Å²) in [7, 11) is 0. The molecular formula is C21H22FN5O. The normalized spacial score (nSPS) is 15.5. The average Bonchev–Trinajstić information content (AvgIpc) is 3.39. The lowest BCUT2D eigenvalue weighted by Gasteiger charge is -2.28. The zero-order valence-corrected chi connectivity index (χ0v) is 15.4. The molecule has 1 aromatic heterocycles. The summed E-state index contributed by atoms with van der Waals surface area (Å²) < 4.78 is 13.3. The van der Waals surface area contributed by atoms with E-state index in [-0.39, 0.29) is 11.7 Å². The lowest BCUT2D eigenvalue weighted by Crippen LogP contribution is -2.38. The molecule has 1 aliphatic rings. The van der Waals surface area contributed by atoms with Gasteiger partial charge in [0, 0.05) is 11.3 Å². The summed E-state index contributed by atoms with van der Waals surface area (Å²) in [5.74, 6) is 0.845. The molecule has 144 valence electrons. The van der Waals surface area contributed by atoms with Gasteiger partial charge in [0.1, 0.15) is 11.6 Å². The van der Waals surface area contributed by atoms with Crippen LogP contribution >= 0.6 is 0 Å². The molecule has 28 heavy (non-hydrogen) atoms. The number of nitrogens with one attached hydrogen (secondary N) is 2. The number of aromatic amines is 1. The third-order valence-corrected chi connectivity index (χ3v) is 5.41. The fourth-order valence-electron chi connectivity index (χ4n) is 3.86. The smallest absolute Gasteiger partial charge is 0.235 e. The summed E-state index contributed by atoms with van der Waals surface area (Å²) in [6.07, 6.45) is 3.50. The van der Waals surface area contributed by atoms with Gasteiger partial charge in [-0.1, -0.05) is 25.0 Å². The maximum atomic E-state index is 13.3. The molecule has 0 atom stereocenters. The van der Waals surface area contributed by atoms with Crippen LogP contribution in [0.3, 0.4) is 0 Å². The minimum Gasteiger partial charge on any atom is -0.325 e. The maximum Gasteiger partial charge on any atom is 0.235 e. The van der Waals surface area contributed by atoms with Gasteiger partial charge in [-0.3, -0.25) is 9.89 Å². The number of aromatic nitrogens is 3. The minimum absolute atomic E-state index is 0.0485. The minimum atomic E-state index is -0.605. The number of rotatable bonds is 5. The molecule has 4 N–H and O–H groups in total. The fraction of sp³-hybridized carbons (Fsp3) is 0.286. The molecular weight excluding hydrogens is 357 g/mol. The van der Waals surface area contributed by atoms with Gasteiger partial charge >= 0.3 is 0 Å². The number of anilines is 1. The molecule has 1 heterocycles. The number of benzene rings is 2. The van der Waals surface area contributed by atoms with Crippen LogP contribution < -0.4 is 11.1 Å². The largest absolute Gasteiger partial charge is 0.325 e. The lowest BCUT2D eigenvalue weighted by molar-refractivity contribution is -0.121. The van der Waals surface area contributed by atoms with Gasteiger partial charge in [-0.15, -0.1) is 0 Å². The van der Waals surface area contributed by atoms with Gasteiger partial charge in [0.25, 0.3) is 0 Å². The van der Waals surface area contributed by atoms with E-state index in [4.69, 9.17) is 5.73 Å². The predicted octanol–water partition coefficient (Wildman–Crippen LogP) is 3.52. The Bertz CT molecular complexity index is 959. The third kappa shape index (κ3) is 3.41. The number of hydrogen-bond acceptors (Lipinski definition) is 4. The van der Waals surface area contributed by atoms with Crippen molar-refractivity contribution in [1.29, 1.82) is 0 Å². The van der Waals surface area contributed by atoms with Crippen LogP contribution in [0.25, 0.3) is 11.4 Å². The second-order valence-corrected chi connectivity index (χ2v) is 7.14. The van der Waals surface area contributed by atoms with Crippen molar-refractivity contribution >= 4 is 11.6 Å². The number of halogens is 1. The highest BCUT2D eigenvalue weighted by molar-refractivity contribution is 5.99. The van der Waals surface area contributed by atoms with E-state index < -0.39 is 5.41 Å². The SMILES string of the molecule is NCc1nc(-c2ccc(NC(=O)C3(c4ccc(F)cc4)CCCC3)cc2)n[nH]1. The Morgan fingerprint density at radius 1 is 1.11 bits per heavy atom. The summed E-state index contributed by atoms with van der Waals surface area (Å²) >= 11 is 0. The summed E-state index contributed by atoms with van der Waals surface area (Å²) in [6.45, 7) is 0.298. The van der Waals surface area contributed by atoms with Crippen molar-refractivity contribution in [2.75, 3.05) is 5.32 Å². The number of amides is 1. The molecule has 6 nitrogen and oxygen atoms in total. The van der Waals surface area contributed by atoms with E-state index in [9.17, 15) is 9.18 Å². The molecule has 4 rings (SSSR count). The van der Waals surface area contributed by atoms with Crippen molar-refractivity contribution in [1.82, 2.24) is 15.2 Å². The summed E-state index contributed by atoms with van der Waals surface area (Å²) in [5, 5.41) is 9.95. The van der Waals surface area contributed by atoms with E-state index in [2.05, 4.69) is 20.5 Å². The van der Waals surface area contributed by atoms with E-state index in [0.29, 0.717) is 23.9 Å². The second kappa shape index (κ2) is 7.52. The average molecular weight is 379 g/mol. The molecule has 0 aliphatic heterocycles. The quantitative estimate of drug-likeness (QED) is 0.632. The summed E-state index contributed by atoms with van der Waals surface area (Å²) in [6, 6.07) is 13.7. The molecule has 7 heteroatoms. The number of carbonyl (C=O) groups excluding carboxylic acids is 1. The Morgan fingerprint density at radius 3 is 2.39 bits per heavy atom. The molecule has 1 fully saturated rings. The molecule has 0 spiro atoms. The molecule has 1 saturated carbocycles. The Balaban J connectivity index is 1.54. The molecule has 3 aromatic rings. The molecule has 1 amide bonds. The van der Waals surface area contributed by atoms with Crippen LogP contribution in [0.15, 0.2) is 48.5 Å². The van der Waals surface area contributed by atoms with Gasteiger partial charge in [0.2, 0.25) is 5.91 Å². The highest BCUT2D eigenvalue weighted by atomic mass is 19.1. The second-order valence-electron chi connectivity index (χ2n) is 7.14. The van der Waals surface area contributed by atoms with Gasteiger partial charge in [-0.05, 0) is 54.8 Å². The van der Waals surface area contributed by atoms with Crippen molar-refractivity contribution in [3.05, 3.63) is 65.7 Å². The zero-order chi connectivity index (χ0) is 19.6. The Labute approximate surface area is 162 Å². The molecule has 1 aliphatic carbocycles. The zero-order valence-electron chi connectivity index (χ0n) is 15.4. The maximum absolute atomic E-state index is 13.3. The third-order valence-electron chi connectivity index (χ3n) is 5.41. The standard InChI is InChI=1S/C21H22FN5O/c22-16-7-5-15(6-8-16)21(11-1-2-12-21)20(28)24-17-9-3-14(4-10-17)19-25-18(13-23)26-27-19/h3-10H,1-2,11-13,23H2,(H,24,28)(H,25,26,27). The Morgan fingerprint density at radius 2 is 1.79 bits per heavy atom. The van der Waals surface area contributed by atoms with E-state index in [0.717, 1.165) is 36.8 Å². The monoisotopic (exact) mass is 379 g/mol. The molecule has 0 bridgehead atoms. The topological polar surface area (TPSA) is 96.7 Å². The first-order valence-electron chi connectivity index (χ1n) is 9.40. The van der Waals surface area contributed by atoms with Gasteiger partial charge in [-0.2, -0.15) is 5.10 Å².